The Balaban J connectivity index is 1.90. The lowest BCUT2D eigenvalue weighted by atomic mass is 10.1. The summed E-state index contributed by atoms with van der Waals surface area (Å²) >= 11 is 0. The first-order valence-corrected chi connectivity index (χ1v) is 7.70. The van der Waals surface area contributed by atoms with Gasteiger partial charge in [0.2, 0.25) is 0 Å². The maximum absolute atomic E-state index is 10.2. The van der Waals surface area contributed by atoms with E-state index in [9.17, 15) is 15.3 Å². The number of aliphatic hydroxyl groups is 3. The zero-order valence-electron chi connectivity index (χ0n) is 13.5. The molecule has 0 unspecified atom stereocenters. The Morgan fingerprint density at radius 2 is 2.08 bits per heavy atom. The van der Waals surface area contributed by atoms with E-state index < -0.39 is 24.5 Å². The third-order valence-electron chi connectivity index (χ3n) is 3.93. The number of nitrogens with zero attached hydrogens (tertiary/aromatic N) is 4. The molecule has 3 rings (SSSR count). The fourth-order valence-corrected chi connectivity index (χ4v) is 2.63. The first-order chi connectivity index (χ1) is 11.5. The smallest absolute Gasteiger partial charge is 0.167 e. The zero-order valence-corrected chi connectivity index (χ0v) is 13.5. The lowest BCUT2D eigenvalue weighted by molar-refractivity contribution is -0.0511. The molecule has 3 heterocycles. The number of fused-ring (bicyclic) bond motifs is 1. The predicted octanol–water partition coefficient (Wildman–Crippen LogP) is -0.184. The standard InChI is InChI=1S/C15H21N5O4/c1-8(2)3-4-16-13-10-14(18-6-17-13)20(7-19-10)15-12(23)11(22)9(5-21)24-15/h3,6-7,9,11-12,15,21-23H,4-5H2,1-2H3,(H,16,17,18)/t9-,11-,12+,15+/m0/s1. The minimum absolute atomic E-state index is 0.383. The fraction of sp³-hybridized carbons (Fsp3) is 0.533. The summed E-state index contributed by atoms with van der Waals surface area (Å²) in [4.78, 5) is 12.7. The van der Waals surface area contributed by atoms with Crippen LogP contribution in [0.3, 0.4) is 0 Å². The number of ether oxygens (including phenoxy) is 1. The molecule has 9 nitrogen and oxygen atoms in total. The summed E-state index contributed by atoms with van der Waals surface area (Å²) in [6, 6.07) is 0. The number of imidazole rings is 1. The molecule has 130 valence electrons. The van der Waals surface area contributed by atoms with Gasteiger partial charge in [0, 0.05) is 6.54 Å². The second-order valence-corrected chi connectivity index (χ2v) is 5.94. The first-order valence-electron chi connectivity index (χ1n) is 7.70. The van der Waals surface area contributed by atoms with Gasteiger partial charge in [-0.25, -0.2) is 15.0 Å². The van der Waals surface area contributed by atoms with Crippen molar-refractivity contribution in [2.45, 2.75) is 38.4 Å². The number of nitrogens with one attached hydrogen (secondary N) is 1. The quantitative estimate of drug-likeness (QED) is 0.554. The van der Waals surface area contributed by atoms with Gasteiger partial charge < -0.3 is 25.4 Å². The van der Waals surface area contributed by atoms with Crippen LogP contribution >= 0.6 is 0 Å². The van der Waals surface area contributed by atoms with Crippen molar-refractivity contribution in [2.24, 2.45) is 0 Å². The van der Waals surface area contributed by atoms with E-state index in [1.165, 1.54) is 22.8 Å². The summed E-state index contributed by atoms with van der Waals surface area (Å²) in [5.41, 5.74) is 2.20. The molecule has 2 aromatic rings. The summed E-state index contributed by atoms with van der Waals surface area (Å²) in [6.45, 7) is 4.24. The van der Waals surface area contributed by atoms with Crippen molar-refractivity contribution in [2.75, 3.05) is 18.5 Å². The molecule has 4 atom stereocenters. The van der Waals surface area contributed by atoms with E-state index in [0.717, 1.165) is 0 Å². The van der Waals surface area contributed by atoms with Crippen LogP contribution in [-0.4, -0.2) is 66.3 Å². The van der Waals surface area contributed by atoms with Crippen molar-refractivity contribution in [1.82, 2.24) is 19.5 Å². The van der Waals surface area contributed by atoms with Crippen molar-refractivity contribution < 1.29 is 20.1 Å². The zero-order chi connectivity index (χ0) is 17.3. The molecule has 0 aromatic carbocycles. The molecule has 0 aliphatic carbocycles. The number of anilines is 1. The van der Waals surface area contributed by atoms with Gasteiger partial charge in [0.1, 0.15) is 24.6 Å². The largest absolute Gasteiger partial charge is 0.394 e. The minimum Gasteiger partial charge on any atom is -0.394 e. The van der Waals surface area contributed by atoms with Crippen molar-refractivity contribution in [3.8, 4) is 0 Å². The lowest BCUT2D eigenvalue weighted by Crippen LogP contribution is -2.33. The van der Waals surface area contributed by atoms with Gasteiger partial charge >= 0.3 is 0 Å². The molecular weight excluding hydrogens is 314 g/mol. The normalized spacial score (nSPS) is 26.7. The molecule has 1 saturated heterocycles. The molecule has 1 aliphatic heterocycles. The molecule has 24 heavy (non-hydrogen) atoms. The third-order valence-corrected chi connectivity index (χ3v) is 3.93. The van der Waals surface area contributed by atoms with Crippen molar-refractivity contribution >= 4 is 17.0 Å². The number of aliphatic hydroxyl groups excluding tert-OH is 3. The van der Waals surface area contributed by atoms with Crippen LogP contribution in [0.5, 0.6) is 0 Å². The average Bonchev–Trinajstić information content (AvgIpc) is 3.10. The van der Waals surface area contributed by atoms with E-state index in [4.69, 9.17) is 4.74 Å². The molecule has 1 fully saturated rings. The Hall–Kier alpha value is -2.07. The molecule has 9 heteroatoms. The maximum Gasteiger partial charge on any atom is 0.167 e. The Morgan fingerprint density at radius 3 is 2.75 bits per heavy atom. The highest BCUT2D eigenvalue weighted by Gasteiger charge is 2.43. The minimum atomic E-state index is -1.18. The molecule has 0 saturated carbocycles. The highest BCUT2D eigenvalue weighted by atomic mass is 16.6. The van der Waals surface area contributed by atoms with E-state index in [-0.39, 0.29) is 6.61 Å². The van der Waals surface area contributed by atoms with Gasteiger partial charge in [-0.15, -0.1) is 0 Å². The summed E-state index contributed by atoms with van der Waals surface area (Å²) < 4.78 is 7.06. The molecule has 0 bridgehead atoms. The number of allylic oxidation sites excluding steroid dienone is 1. The summed E-state index contributed by atoms with van der Waals surface area (Å²) in [5, 5.41) is 32.4. The fourth-order valence-electron chi connectivity index (χ4n) is 2.63. The number of aromatic nitrogens is 4. The molecule has 1 aliphatic rings. The van der Waals surface area contributed by atoms with E-state index in [2.05, 4.69) is 20.3 Å². The topological polar surface area (TPSA) is 126 Å². The lowest BCUT2D eigenvalue weighted by Gasteiger charge is -2.16. The SMILES string of the molecule is CC(C)=CCNc1ncnc2c1ncn2[C@@H]1O[C@@H](CO)[C@H](O)[C@H]1O. The molecular formula is C15H21N5O4. The van der Waals surface area contributed by atoms with Gasteiger partial charge in [-0.05, 0) is 13.8 Å². The van der Waals surface area contributed by atoms with Crippen LogP contribution in [0.2, 0.25) is 0 Å². The molecule has 0 radical (unpaired) electrons. The number of hydrogen-bond donors (Lipinski definition) is 4. The van der Waals surface area contributed by atoms with Gasteiger partial charge in [-0.1, -0.05) is 11.6 Å². The Bertz CT molecular complexity index is 743. The van der Waals surface area contributed by atoms with Gasteiger partial charge in [0.15, 0.2) is 23.2 Å². The molecule has 0 amide bonds. The van der Waals surface area contributed by atoms with Gasteiger partial charge in [0.05, 0.1) is 12.9 Å². The average molecular weight is 335 g/mol. The van der Waals surface area contributed by atoms with E-state index in [0.29, 0.717) is 23.5 Å². The second kappa shape index (κ2) is 6.81. The Labute approximate surface area is 138 Å². The van der Waals surface area contributed by atoms with E-state index in [1.807, 2.05) is 19.9 Å². The van der Waals surface area contributed by atoms with Crippen molar-refractivity contribution in [1.29, 1.82) is 0 Å². The number of rotatable bonds is 5. The van der Waals surface area contributed by atoms with Crippen molar-refractivity contribution in [3.05, 3.63) is 24.3 Å². The van der Waals surface area contributed by atoms with Crippen LogP contribution in [-0.2, 0) is 4.74 Å². The van der Waals surface area contributed by atoms with Crippen molar-refractivity contribution in [3.63, 3.8) is 0 Å². The van der Waals surface area contributed by atoms with Crippen LogP contribution in [0.4, 0.5) is 5.82 Å². The Morgan fingerprint density at radius 1 is 1.29 bits per heavy atom. The summed E-state index contributed by atoms with van der Waals surface area (Å²) in [6.07, 6.45) is 0.823. The highest BCUT2D eigenvalue weighted by Crippen LogP contribution is 2.31. The van der Waals surface area contributed by atoms with Crippen LogP contribution in [0.25, 0.3) is 11.2 Å². The first kappa shape index (κ1) is 16.8. The van der Waals surface area contributed by atoms with Crippen LogP contribution in [0.15, 0.2) is 24.3 Å². The predicted molar refractivity (Wildman–Crippen MR) is 86.3 cm³/mol. The van der Waals surface area contributed by atoms with E-state index >= 15 is 0 Å². The van der Waals surface area contributed by atoms with Crippen LogP contribution < -0.4 is 5.32 Å². The summed E-state index contributed by atoms with van der Waals surface area (Å²) in [5.74, 6) is 0.572. The Kier molecular flexibility index (Phi) is 4.76. The molecule has 4 N–H and O–H groups in total. The summed E-state index contributed by atoms with van der Waals surface area (Å²) in [7, 11) is 0. The van der Waals surface area contributed by atoms with Gasteiger partial charge in [-0.3, -0.25) is 4.57 Å². The third kappa shape index (κ3) is 2.98. The number of hydrogen-bond acceptors (Lipinski definition) is 8. The van der Waals surface area contributed by atoms with Gasteiger partial charge in [0.25, 0.3) is 0 Å². The van der Waals surface area contributed by atoms with E-state index in [1.54, 1.807) is 0 Å². The second-order valence-electron chi connectivity index (χ2n) is 5.94. The monoisotopic (exact) mass is 335 g/mol. The molecule has 2 aromatic heterocycles. The van der Waals surface area contributed by atoms with Crippen LogP contribution in [0, 0.1) is 0 Å². The highest BCUT2D eigenvalue weighted by molar-refractivity contribution is 5.82. The maximum atomic E-state index is 10.2. The van der Waals surface area contributed by atoms with Gasteiger partial charge in [-0.2, -0.15) is 0 Å². The molecule has 0 spiro atoms. The van der Waals surface area contributed by atoms with Crippen LogP contribution in [0.1, 0.15) is 20.1 Å².